The molecule has 2 atom stereocenters. The highest BCUT2D eigenvalue weighted by Crippen LogP contribution is 2.15. The van der Waals surface area contributed by atoms with Crippen molar-refractivity contribution in [3.63, 3.8) is 0 Å². The molecule has 23 heavy (non-hydrogen) atoms. The minimum absolute atomic E-state index is 0. The first-order valence-corrected chi connectivity index (χ1v) is 8.74. The fraction of sp³-hybridized carbons (Fsp3) is 0.562. The van der Waals surface area contributed by atoms with E-state index in [0.717, 1.165) is 28.8 Å². The minimum Gasteiger partial charge on any atom is -0.491 e. The number of hydrogen-bond acceptors (Lipinski definition) is 3. The van der Waals surface area contributed by atoms with Gasteiger partial charge in [0.2, 0.25) is 0 Å². The Labute approximate surface area is 168 Å². The Morgan fingerprint density at radius 3 is 2.83 bits per heavy atom. The third kappa shape index (κ3) is 7.42. The second kappa shape index (κ2) is 10.5. The summed E-state index contributed by atoms with van der Waals surface area (Å²) in [6, 6.07) is 7.72. The molecule has 0 spiro atoms. The summed E-state index contributed by atoms with van der Waals surface area (Å²) < 4.78 is 6.69. The van der Waals surface area contributed by atoms with Crippen LogP contribution in [0.3, 0.4) is 0 Å². The van der Waals surface area contributed by atoms with Gasteiger partial charge in [-0.05, 0) is 65.6 Å². The van der Waals surface area contributed by atoms with Crippen LogP contribution >= 0.6 is 46.6 Å². The number of likely N-dealkylation sites (tertiary alicyclic amines) is 1. The minimum atomic E-state index is -0.653. The van der Waals surface area contributed by atoms with Crippen LogP contribution in [-0.4, -0.2) is 48.3 Å². The highest BCUT2D eigenvalue weighted by molar-refractivity contribution is 14.1. The predicted molar refractivity (Wildman–Crippen MR) is 113 cm³/mol. The SMILES string of the molecule is CC1CCCN(C(N)=NCC(O)COc2ccc(I)cc2)C1.I. The number of aliphatic hydroxyl groups excluding tert-OH is 1. The van der Waals surface area contributed by atoms with Crippen molar-refractivity contribution >= 4 is 52.5 Å². The van der Waals surface area contributed by atoms with Gasteiger partial charge in [-0.2, -0.15) is 0 Å². The van der Waals surface area contributed by atoms with Gasteiger partial charge in [0.1, 0.15) is 18.5 Å². The number of nitrogens with two attached hydrogens (primary N) is 1. The highest BCUT2D eigenvalue weighted by atomic mass is 127. The third-order valence-corrected chi connectivity index (χ3v) is 4.42. The van der Waals surface area contributed by atoms with Gasteiger partial charge in [0.05, 0.1) is 6.54 Å². The van der Waals surface area contributed by atoms with E-state index in [4.69, 9.17) is 10.5 Å². The van der Waals surface area contributed by atoms with Gasteiger partial charge < -0.3 is 20.5 Å². The quantitative estimate of drug-likeness (QED) is 0.340. The van der Waals surface area contributed by atoms with E-state index in [1.54, 1.807) is 0 Å². The largest absolute Gasteiger partial charge is 0.491 e. The number of guanidine groups is 1. The third-order valence-electron chi connectivity index (χ3n) is 3.70. The molecule has 0 bridgehead atoms. The molecule has 5 nitrogen and oxygen atoms in total. The van der Waals surface area contributed by atoms with Crippen molar-refractivity contribution in [2.24, 2.45) is 16.6 Å². The molecule has 7 heteroatoms. The van der Waals surface area contributed by atoms with E-state index in [1.165, 1.54) is 6.42 Å². The predicted octanol–water partition coefficient (Wildman–Crippen LogP) is 2.70. The Morgan fingerprint density at radius 1 is 1.48 bits per heavy atom. The van der Waals surface area contributed by atoms with Gasteiger partial charge in [0.15, 0.2) is 5.96 Å². The number of halogens is 2. The molecule has 1 heterocycles. The molecule has 0 amide bonds. The molecule has 0 aliphatic carbocycles. The first-order valence-electron chi connectivity index (χ1n) is 7.66. The van der Waals surface area contributed by atoms with E-state index < -0.39 is 6.10 Å². The molecule has 1 fully saturated rings. The Bertz CT molecular complexity index is 497. The lowest BCUT2D eigenvalue weighted by molar-refractivity contribution is 0.114. The van der Waals surface area contributed by atoms with Gasteiger partial charge >= 0.3 is 0 Å². The summed E-state index contributed by atoms with van der Waals surface area (Å²) in [6.07, 6.45) is 1.74. The maximum Gasteiger partial charge on any atom is 0.191 e. The number of benzene rings is 1. The fourth-order valence-corrected chi connectivity index (χ4v) is 2.83. The van der Waals surface area contributed by atoms with E-state index in [0.29, 0.717) is 11.9 Å². The molecule has 1 aliphatic rings. The van der Waals surface area contributed by atoms with Crippen LogP contribution in [0.15, 0.2) is 29.3 Å². The smallest absolute Gasteiger partial charge is 0.191 e. The molecule has 0 saturated carbocycles. The van der Waals surface area contributed by atoms with Crippen LogP contribution in [0.25, 0.3) is 0 Å². The average Bonchev–Trinajstić information content (AvgIpc) is 2.52. The van der Waals surface area contributed by atoms with Crippen LogP contribution in [0.4, 0.5) is 0 Å². The number of hydrogen-bond donors (Lipinski definition) is 2. The molecule has 1 aromatic carbocycles. The molecule has 2 unspecified atom stereocenters. The Morgan fingerprint density at radius 2 is 2.17 bits per heavy atom. The van der Waals surface area contributed by atoms with E-state index in [9.17, 15) is 5.11 Å². The van der Waals surface area contributed by atoms with E-state index in [1.807, 2.05) is 24.3 Å². The van der Waals surface area contributed by atoms with Gasteiger partial charge in [-0.3, -0.25) is 4.99 Å². The summed E-state index contributed by atoms with van der Waals surface area (Å²) in [6.45, 7) is 4.61. The molecule has 3 N–H and O–H groups in total. The van der Waals surface area contributed by atoms with Crippen molar-refractivity contribution in [1.82, 2.24) is 4.90 Å². The lowest BCUT2D eigenvalue weighted by Crippen LogP contribution is -2.44. The van der Waals surface area contributed by atoms with Gasteiger partial charge in [0.25, 0.3) is 0 Å². The van der Waals surface area contributed by atoms with Gasteiger partial charge in [-0.15, -0.1) is 24.0 Å². The Balaban J connectivity index is 0.00000264. The van der Waals surface area contributed by atoms with Crippen LogP contribution < -0.4 is 10.5 Å². The summed E-state index contributed by atoms with van der Waals surface area (Å²) in [5, 5.41) is 9.96. The second-order valence-corrected chi connectivity index (χ2v) is 7.06. The van der Waals surface area contributed by atoms with Crippen molar-refractivity contribution in [3.8, 4) is 5.75 Å². The summed E-state index contributed by atoms with van der Waals surface area (Å²) >= 11 is 2.24. The summed E-state index contributed by atoms with van der Waals surface area (Å²) in [4.78, 5) is 6.40. The zero-order valence-electron chi connectivity index (χ0n) is 13.3. The van der Waals surface area contributed by atoms with Crippen molar-refractivity contribution in [3.05, 3.63) is 27.8 Å². The molecular formula is C16H25I2N3O2. The molecule has 0 aromatic heterocycles. The number of aliphatic imine (C=N–C) groups is 1. The molecule has 1 aromatic rings. The molecule has 2 rings (SSSR count). The molecule has 0 radical (unpaired) electrons. The van der Waals surface area contributed by atoms with Crippen LogP contribution in [0.5, 0.6) is 5.75 Å². The number of rotatable bonds is 5. The van der Waals surface area contributed by atoms with Crippen LogP contribution in [0.2, 0.25) is 0 Å². The first-order chi connectivity index (χ1) is 10.5. The summed E-state index contributed by atoms with van der Waals surface area (Å²) in [5.41, 5.74) is 6.01. The van der Waals surface area contributed by atoms with Crippen LogP contribution in [0, 0.1) is 9.49 Å². The van der Waals surface area contributed by atoms with Gasteiger partial charge in [-0.1, -0.05) is 6.92 Å². The summed E-state index contributed by atoms with van der Waals surface area (Å²) in [5.74, 6) is 1.93. The average molecular weight is 545 g/mol. The first kappa shape index (κ1) is 20.8. The van der Waals surface area contributed by atoms with Crippen molar-refractivity contribution in [2.45, 2.75) is 25.9 Å². The van der Waals surface area contributed by atoms with Crippen LogP contribution in [-0.2, 0) is 0 Å². The van der Waals surface area contributed by atoms with Gasteiger partial charge in [0, 0.05) is 16.7 Å². The maximum absolute atomic E-state index is 9.96. The maximum atomic E-state index is 9.96. The lowest BCUT2D eigenvalue weighted by Gasteiger charge is -2.31. The monoisotopic (exact) mass is 545 g/mol. The van der Waals surface area contributed by atoms with E-state index in [2.05, 4.69) is 39.4 Å². The Kier molecular flexibility index (Phi) is 9.52. The number of piperidine rings is 1. The molecular weight excluding hydrogens is 520 g/mol. The van der Waals surface area contributed by atoms with Crippen molar-refractivity contribution in [1.29, 1.82) is 0 Å². The topological polar surface area (TPSA) is 71.1 Å². The normalized spacial score (nSPS) is 19.9. The molecule has 1 aliphatic heterocycles. The second-order valence-electron chi connectivity index (χ2n) is 5.81. The lowest BCUT2D eigenvalue weighted by atomic mass is 10.0. The number of ether oxygens (including phenoxy) is 1. The Hall–Kier alpha value is -0.290. The van der Waals surface area contributed by atoms with Crippen LogP contribution in [0.1, 0.15) is 19.8 Å². The van der Waals surface area contributed by atoms with Gasteiger partial charge in [-0.25, -0.2) is 0 Å². The van der Waals surface area contributed by atoms with E-state index >= 15 is 0 Å². The fourth-order valence-electron chi connectivity index (χ4n) is 2.47. The highest BCUT2D eigenvalue weighted by Gasteiger charge is 2.17. The van der Waals surface area contributed by atoms with E-state index in [-0.39, 0.29) is 37.1 Å². The van der Waals surface area contributed by atoms with Crippen molar-refractivity contribution < 1.29 is 9.84 Å². The number of aliphatic hydroxyl groups is 1. The summed E-state index contributed by atoms with van der Waals surface area (Å²) in [7, 11) is 0. The molecule has 1 saturated heterocycles. The van der Waals surface area contributed by atoms with Crippen molar-refractivity contribution in [2.75, 3.05) is 26.2 Å². The molecule has 130 valence electrons. The standard InChI is InChI=1S/C16H24IN3O2.HI/c1-12-3-2-8-20(10-12)16(18)19-9-14(21)11-22-15-6-4-13(17)5-7-15;/h4-7,12,14,21H,2-3,8-11H2,1H3,(H2,18,19);1H. The zero-order chi connectivity index (χ0) is 15.9. The number of nitrogens with zero attached hydrogens (tertiary/aromatic N) is 2. The zero-order valence-corrected chi connectivity index (χ0v) is 17.8.